The summed E-state index contributed by atoms with van der Waals surface area (Å²) in [4.78, 5) is 13.7. The summed E-state index contributed by atoms with van der Waals surface area (Å²) >= 11 is 0. The Balaban J connectivity index is 2.78. The van der Waals surface area contributed by atoms with Crippen LogP contribution < -0.4 is 15.5 Å². The molecule has 1 atom stereocenters. The van der Waals surface area contributed by atoms with Gasteiger partial charge in [0.25, 0.3) is 6.43 Å². The first-order valence-corrected chi connectivity index (χ1v) is 5.25. The Bertz CT molecular complexity index is 389. The molecule has 3 N–H and O–H groups in total. The molecule has 0 saturated heterocycles. The third-order valence-corrected chi connectivity index (χ3v) is 2.01. The molecule has 1 unspecified atom stereocenters. The normalized spacial score (nSPS) is 12.4. The van der Waals surface area contributed by atoms with Crippen molar-refractivity contribution in [3.05, 3.63) is 0 Å². The van der Waals surface area contributed by atoms with Crippen LogP contribution in [0.15, 0.2) is 0 Å². The minimum atomic E-state index is -2.81. The first kappa shape index (κ1) is 14.3. The lowest BCUT2D eigenvalue weighted by Gasteiger charge is -2.14. The number of rotatable bonds is 6. The summed E-state index contributed by atoms with van der Waals surface area (Å²) < 4.78 is 24.2. The predicted octanol–water partition coefficient (Wildman–Crippen LogP) is 0.0172. The number of alkyl halides is 2. The van der Waals surface area contributed by atoms with E-state index in [2.05, 4.69) is 25.6 Å². The number of nitrogens with zero attached hydrogens (tertiary/aromatic N) is 4. The van der Waals surface area contributed by atoms with E-state index >= 15 is 0 Å². The van der Waals surface area contributed by atoms with Gasteiger partial charge in [-0.2, -0.15) is 15.0 Å². The van der Waals surface area contributed by atoms with Crippen molar-refractivity contribution in [2.75, 3.05) is 43.2 Å². The quantitative estimate of drug-likeness (QED) is 0.666. The second-order valence-electron chi connectivity index (χ2n) is 3.71. The molecule has 0 amide bonds. The summed E-state index contributed by atoms with van der Waals surface area (Å²) in [5.74, 6) is 0.809. The van der Waals surface area contributed by atoms with Crippen molar-refractivity contribution in [2.45, 2.75) is 12.5 Å². The van der Waals surface area contributed by atoms with Crippen LogP contribution in [0.4, 0.5) is 26.6 Å². The zero-order chi connectivity index (χ0) is 13.7. The van der Waals surface area contributed by atoms with Crippen LogP contribution in [0, 0.1) is 0 Å². The molecule has 0 aromatic carbocycles. The second-order valence-corrected chi connectivity index (χ2v) is 3.71. The molecule has 0 radical (unpaired) electrons. The van der Waals surface area contributed by atoms with Crippen LogP contribution in [0.1, 0.15) is 0 Å². The van der Waals surface area contributed by atoms with E-state index < -0.39 is 12.5 Å². The maximum atomic E-state index is 12.1. The second kappa shape index (κ2) is 6.24. The molecule has 0 spiro atoms. The Hall–Kier alpha value is -1.77. The van der Waals surface area contributed by atoms with Gasteiger partial charge < -0.3 is 20.6 Å². The zero-order valence-electron chi connectivity index (χ0n) is 10.4. The molecule has 1 rings (SSSR count). The van der Waals surface area contributed by atoms with E-state index in [1.54, 1.807) is 26.0 Å². The van der Waals surface area contributed by atoms with Gasteiger partial charge in [0, 0.05) is 27.7 Å². The van der Waals surface area contributed by atoms with E-state index in [-0.39, 0.29) is 12.5 Å². The molecule has 1 aromatic rings. The van der Waals surface area contributed by atoms with E-state index in [1.165, 1.54) is 0 Å². The summed E-state index contributed by atoms with van der Waals surface area (Å²) in [6, 6.07) is 0. The lowest BCUT2D eigenvalue weighted by atomic mass is 10.4. The Labute approximate surface area is 103 Å². The van der Waals surface area contributed by atoms with Gasteiger partial charge in [0.15, 0.2) is 0 Å². The number of hydrogen-bond acceptors (Lipinski definition) is 7. The van der Waals surface area contributed by atoms with Crippen LogP contribution in [-0.4, -0.2) is 60.3 Å². The molecule has 0 aliphatic heterocycles. The van der Waals surface area contributed by atoms with Gasteiger partial charge in [0.05, 0.1) is 0 Å². The molecule has 0 bridgehead atoms. The third kappa shape index (κ3) is 3.91. The highest BCUT2D eigenvalue weighted by Gasteiger charge is 2.17. The van der Waals surface area contributed by atoms with Crippen molar-refractivity contribution in [1.82, 2.24) is 15.0 Å². The number of nitrogens with one attached hydrogen (secondary N) is 2. The molecule has 0 saturated carbocycles. The largest absolute Gasteiger partial charge is 0.385 e. The first-order chi connectivity index (χ1) is 8.43. The molecule has 0 aliphatic rings. The standard InChI is InChI=1S/C9H16F2N6O/c1-12-7-14-8(13-4-5(18)6(10)11)16-9(15-7)17(2)3/h5-6,18H,4H2,1-3H3,(H2,12,13,14,15,16). The Morgan fingerprint density at radius 2 is 1.83 bits per heavy atom. The fourth-order valence-corrected chi connectivity index (χ4v) is 1.04. The smallest absolute Gasteiger partial charge is 0.265 e. The average Bonchev–Trinajstić information content (AvgIpc) is 2.35. The summed E-state index contributed by atoms with van der Waals surface area (Å²) in [6.45, 7) is -0.336. The first-order valence-electron chi connectivity index (χ1n) is 5.25. The molecular formula is C9H16F2N6O. The molecule has 1 aromatic heterocycles. The highest BCUT2D eigenvalue weighted by Crippen LogP contribution is 2.11. The Morgan fingerprint density at radius 3 is 2.33 bits per heavy atom. The van der Waals surface area contributed by atoms with Crippen LogP contribution in [0.5, 0.6) is 0 Å². The van der Waals surface area contributed by atoms with Crippen LogP contribution in [-0.2, 0) is 0 Å². The van der Waals surface area contributed by atoms with Crippen molar-refractivity contribution in [2.24, 2.45) is 0 Å². The van der Waals surface area contributed by atoms with Crippen LogP contribution in [0.2, 0.25) is 0 Å². The van der Waals surface area contributed by atoms with Gasteiger partial charge in [-0.05, 0) is 0 Å². The van der Waals surface area contributed by atoms with Crippen LogP contribution in [0.3, 0.4) is 0 Å². The summed E-state index contributed by atoms with van der Waals surface area (Å²) in [5.41, 5.74) is 0. The lowest BCUT2D eigenvalue weighted by Crippen LogP contribution is -2.28. The number of anilines is 3. The molecule has 0 fully saturated rings. The molecule has 7 nitrogen and oxygen atoms in total. The minimum absolute atomic E-state index is 0.123. The zero-order valence-corrected chi connectivity index (χ0v) is 10.4. The molecule has 0 aliphatic carbocycles. The van der Waals surface area contributed by atoms with Crippen molar-refractivity contribution in [1.29, 1.82) is 0 Å². The topological polar surface area (TPSA) is 86.2 Å². The van der Waals surface area contributed by atoms with E-state index in [0.29, 0.717) is 11.9 Å². The molecule has 102 valence electrons. The van der Waals surface area contributed by atoms with Gasteiger partial charge in [-0.25, -0.2) is 8.78 Å². The molecule has 9 heteroatoms. The molecular weight excluding hydrogens is 246 g/mol. The van der Waals surface area contributed by atoms with Crippen molar-refractivity contribution < 1.29 is 13.9 Å². The fourth-order valence-electron chi connectivity index (χ4n) is 1.04. The van der Waals surface area contributed by atoms with Crippen LogP contribution >= 0.6 is 0 Å². The van der Waals surface area contributed by atoms with E-state index in [0.717, 1.165) is 0 Å². The van der Waals surface area contributed by atoms with Gasteiger partial charge in [-0.3, -0.25) is 0 Å². The Kier molecular flexibility index (Phi) is 4.95. The van der Waals surface area contributed by atoms with E-state index in [9.17, 15) is 8.78 Å². The van der Waals surface area contributed by atoms with Crippen molar-refractivity contribution >= 4 is 17.8 Å². The fraction of sp³-hybridized carbons (Fsp3) is 0.667. The highest BCUT2D eigenvalue weighted by molar-refractivity contribution is 5.42. The maximum Gasteiger partial charge on any atom is 0.265 e. The maximum absolute atomic E-state index is 12.1. The Morgan fingerprint density at radius 1 is 1.22 bits per heavy atom. The summed E-state index contributed by atoms with van der Waals surface area (Å²) in [6.07, 6.45) is -4.57. The number of aliphatic hydroxyl groups excluding tert-OH is 1. The number of halogens is 2. The number of aliphatic hydroxyl groups is 1. The predicted molar refractivity (Wildman–Crippen MR) is 64.2 cm³/mol. The lowest BCUT2D eigenvalue weighted by molar-refractivity contribution is 0.00376. The highest BCUT2D eigenvalue weighted by atomic mass is 19.3. The van der Waals surface area contributed by atoms with Gasteiger partial charge in [-0.15, -0.1) is 0 Å². The number of hydrogen-bond donors (Lipinski definition) is 3. The van der Waals surface area contributed by atoms with Crippen molar-refractivity contribution in [3.8, 4) is 0 Å². The molecule has 18 heavy (non-hydrogen) atoms. The van der Waals surface area contributed by atoms with Crippen molar-refractivity contribution in [3.63, 3.8) is 0 Å². The SMILES string of the molecule is CNc1nc(NCC(O)C(F)F)nc(N(C)C)n1. The summed E-state index contributed by atoms with van der Waals surface area (Å²) in [5, 5.41) is 14.3. The van der Waals surface area contributed by atoms with E-state index in [4.69, 9.17) is 5.11 Å². The van der Waals surface area contributed by atoms with Gasteiger partial charge in [0.2, 0.25) is 17.8 Å². The molecule has 1 heterocycles. The van der Waals surface area contributed by atoms with Gasteiger partial charge in [0.1, 0.15) is 6.10 Å². The monoisotopic (exact) mass is 262 g/mol. The van der Waals surface area contributed by atoms with Crippen LogP contribution in [0.25, 0.3) is 0 Å². The van der Waals surface area contributed by atoms with E-state index in [1.807, 2.05) is 0 Å². The van der Waals surface area contributed by atoms with Gasteiger partial charge in [-0.1, -0.05) is 0 Å². The minimum Gasteiger partial charge on any atom is -0.385 e. The number of aromatic nitrogens is 3. The van der Waals surface area contributed by atoms with Gasteiger partial charge >= 0.3 is 0 Å². The summed E-state index contributed by atoms with van der Waals surface area (Å²) in [7, 11) is 5.12. The third-order valence-electron chi connectivity index (χ3n) is 2.01. The average molecular weight is 262 g/mol.